The molecule has 3 rings (SSSR count). The van der Waals surface area contributed by atoms with Crippen molar-refractivity contribution in [2.75, 3.05) is 10.6 Å². The van der Waals surface area contributed by atoms with Gasteiger partial charge in [-0.05, 0) is 43.2 Å². The summed E-state index contributed by atoms with van der Waals surface area (Å²) in [7, 11) is 0. The van der Waals surface area contributed by atoms with Gasteiger partial charge in [-0.15, -0.1) is 0 Å². The van der Waals surface area contributed by atoms with Crippen molar-refractivity contribution in [1.82, 2.24) is 15.0 Å². The van der Waals surface area contributed by atoms with E-state index in [1.165, 1.54) is 12.1 Å². The standard InChI is InChI=1S/C20H21F2N5/c1-3-13(2)25-20-26-18(17-6-4-5-7-23-17)11-19(27-20)24-12-14-8-15(21)10-16(22)9-14/h4-11,13H,3,12H2,1-2H3,(H2,24,25,26,27)/t13-/m0/s1. The Morgan fingerprint density at radius 1 is 1.00 bits per heavy atom. The van der Waals surface area contributed by atoms with Crippen molar-refractivity contribution in [3.63, 3.8) is 0 Å². The summed E-state index contributed by atoms with van der Waals surface area (Å²) >= 11 is 0. The normalized spacial score (nSPS) is 11.9. The third-order valence-corrected chi connectivity index (χ3v) is 4.04. The molecule has 27 heavy (non-hydrogen) atoms. The van der Waals surface area contributed by atoms with Crippen LogP contribution >= 0.6 is 0 Å². The van der Waals surface area contributed by atoms with Gasteiger partial charge in [0.25, 0.3) is 0 Å². The zero-order valence-electron chi connectivity index (χ0n) is 15.2. The van der Waals surface area contributed by atoms with Gasteiger partial charge in [0.15, 0.2) is 0 Å². The van der Waals surface area contributed by atoms with Gasteiger partial charge in [-0.2, -0.15) is 4.98 Å². The molecule has 0 radical (unpaired) electrons. The van der Waals surface area contributed by atoms with Crippen LogP contribution in [0, 0.1) is 11.6 Å². The maximum absolute atomic E-state index is 13.4. The SMILES string of the molecule is CC[C@H](C)Nc1nc(NCc2cc(F)cc(F)c2)cc(-c2ccccn2)n1. The minimum atomic E-state index is -0.609. The Balaban J connectivity index is 1.87. The van der Waals surface area contributed by atoms with Gasteiger partial charge >= 0.3 is 0 Å². The summed E-state index contributed by atoms with van der Waals surface area (Å²) in [4.78, 5) is 13.3. The highest BCUT2D eigenvalue weighted by Gasteiger charge is 2.10. The van der Waals surface area contributed by atoms with Gasteiger partial charge < -0.3 is 10.6 Å². The van der Waals surface area contributed by atoms with E-state index in [1.54, 1.807) is 12.3 Å². The molecule has 0 saturated carbocycles. The molecule has 1 atom stereocenters. The fraction of sp³-hybridized carbons (Fsp3) is 0.250. The molecule has 3 aromatic rings. The molecular weight excluding hydrogens is 348 g/mol. The molecule has 0 amide bonds. The van der Waals surface area contributed by atoms with Crippen LogP contribution in [0.2, 0.25) is 0 Å². The summed E-state index contributed by atoms with van der Waals surface area (Å²) in [5, 5.41) is 6.35. The highest BCUT2D eigenvalue weighted by Crippen LogP contribution is 2.21. The predicted molar refractivity (Wildman–Crippen MR) is 102 cm³/mol. The maximum Gasteiger partial charge on any atom is 0.225 e. The Morgan fingerprint density at radius 3 is 2.44 bits per heavy atom. The van der Waals surface area contributed by atoms with Crippen LogP contribution in [-0.2, 0) is 6.54 Å². The number of hydrogen-bond acceptors (Lipinski definition) is 5. The summed E-state index contributed by atoms with van der Waals surface area (Å²) in [6.45, 7) is 4.34. The molecule has 0 aliphatic rings. The molecule has 7 heteroatoms. The first-order valence-corrected chi connectivity index (χ1v) is 8.79. The summed E-state index contributed by atoms with van der Waals surface area (Å²) in [6, 6.07) is 11.0. The summed E-state index contributed by atoms with van der Waals surface area (Å²) in [5.74, 6) is -0.202. The fourth-order valence-corrected chi connectivity index (χ4v) is 2.48. The van der Waals surface area contributed by atoms with E-state index in [4.69, 9.17) is 0 Å². The number of hydrogen-bond donors (Lipinski definition) is 2. The van der Waals surface area contributed by atoms with Crippen LogP contribution in [0.3, 0.4) is 0 Å². The zero-order chi connectivity index (χ0) is 19.2. The molecule has 5 nitrogen and oxygen atoms in total. The van der Waals surface area contributed by atoms with Crippen molar-refractivity contribution in [1.29, 1.82) is 0 Å². The first kappa shape index (κ1) is 18.7. The lowest BCUT2D eigenvalue weighted by molar-refractivity contribution is 0.580. The third kappa shape index (κ3) is 5.20. The van der Waals surface area contributed by atoms with Crippen LogP contribution in [-0.4, -0.2) is 21.0 Å². The van der Waals surface area contributed by atoms with Crippen LogP contribution in [0.25, 0.3) is 11.4 Å². The molecule has 0 aliphatic carbocycles. The second kappa shape index (κ2) is 8.53. The van der Waals surface area contributed by atoms with Gasteiger partial charge in [-0.1, -0.05) is 13.0 Å². The molecule has 2 N–H and O–H groups in total. The second-order valence-electron chi connectivity index (χ2n) is 6.26. The Kier molecular flexibility index (Phi) is 5.90. The third-order valence-electron chi connectivity index (χ3n) is 4.04. The molecule has 2 aromatic heterocycles. The number of nitrogens with one attached hydrogen (secondary N) is 2. The van der Waals surface area contributed by atoms with E-state index >= 15 is 0 Å². The predicted octanol–water partition coefficient (Wildman–Crippen LogP) is 4.64. The Bertz CT molecular complexity index is 882. The molecule has 1 aromatic carbocycles. The summed E-state index contributed by atoms with van der Waals surface area (Å²) in [6.07, 6.45) is 2.62. The van der Waals surface area contributed by atoms with Crippen LogP contribution in [0.1, 0.15) is 25.8 Å². The zero-order valence-corrected chi connectivity index (χ0v) is 15.2. The lowest BCUT2D eigenvalue weighted by atomic mass is 10.2. The van der Waals surface area contributed by atoms with E-state index < -0.39 is 11.6 Å². The van der Waals surface area contributed by atoms with Gasteiger partial charge in [-0.25, -0.2) is 13.8 Å². The van der Waals surface area contributed by atoms with E-state index in [2.05, 4.69) is 32.5 Å². The topological polar surface area (TPSA) is 62.7 Å². The maximum atomic E-state index is 13.4. The number of halogens is 2. The van der Waals surface area contributed by atoms with E-state index in [0.29, 0.717) is 28.7 Å². The smallest absolute Gasteiger partial charge is 0.225 e. The summed E-state index contributed by atoms with van der Waals surface area (Å²) in [5.41, 5.74) is 1.86. The molecule has 0 spiro atoms. The molecular formula is C20H21F2N5. The molecule has 0 saturated heterocycles. The molecule has 0 fully saturated rings. The van der Waals surface area contributed by atoms with Crippen LogP contribution in [0.4, 0.5) is 20.5 Å². The van der Waals surface area contributed by atoms with Crippen molar-refractivity contribution in [3.05, 3.63) is 65.9 Å². The molecule has 140 valence electrons. The number of rotatable bonds is 7. The van der Waals surface area contributed by atoms with Crippen molar-refractivity contribution < 1.29 is 8.78 Å². The highest BCUT2D eigenvalue weighted by molar-refractivity contribution is 5.61. The average molecular weight is 369 g/mol. The van der Waals surface area contributed by atoms with Crippen molar-refractivity contribution in [2.45, 2.75) is 32.9 Å². The lowest BCUT2D eigenvalue weighted by Gasteiger charge is -2.14. The van der Waals surface area contributed by atoms with Gasteiger partial charge in [-0.3, -0.25) is 4.98 Å². The van der Waals surface area contributed by atoms with Crippen LogP contribution in [0.5, 0.6) is 0 Å². The van der Waals surface area contributed by atoms with Gasteiger partial charge in [0.1, 0.15) is 17.5 Å². The first-order chi connectivity index (χ1) is 13.0. The Labute approximate surface area is 156 Å². The number of anilines is 2. The van der Waals surface area contributed by atoms with E-state index in [9.17, 15) is 8.78 Å². The summed E-state index contributed by atoms with van der Waals surface area (Å²) < 4.78 is 26.7. The minimum absolute atomic E-state index is 0.203. The average Bonchev–Trinajstić information content (AvgIpc) is 2.66. The van der Waals surface area contributed by atoms with Gasteiger partial charge in [0, 0.05) is 30.9 Å². The molecule has 0 aliphatic heterocycles. The monoisotopic (exact) mass is 369 g/mol. The number of benzene rings is 1. The first-order valence-electron chi connectivity index (χ1n) is 8.79. The second-order valence-corrected chi connectivity index (χ2v) is 6.26. The number of nitrogens with zero attached hydrogens (tertiary/aromatic N) is 3. The molecule has 2 heterocycles. The van der Waals surface area contributed by atoms with E-state index in [-0.39, 0.29) is 12.6 Å². The van der Waals surface area contributed by atoms with Crippen LogP contribution in [0.15, 0.2) is 48.7 Å². The van der Waals surface area contributed by atoms with Gasteiger partial charge in [0.05, 0.1) is 11.4 Å². The van der Waals surface area contributed by atoms with E-state index in [1.807, 2.05) is 25.1 Å². The fourth-order valence-electron chi connectivity index (χ4n) is 2.48. The van der Waals surface area contributed by atoms with Crippen molar-refractivity contribution >= 4 is 11.8 Å². The van der Waals surface area contributed by atoms with Crippen molar-refractivity contribution in [2.24, 2.45) is 0 Å². The lowest BCUT2D eigenvalue weighted by Crippen LogP contribution is -2.16. The number of aromatic nitrogens is 3. The van der Waals surface area contributed by atoms with E-state index in [0.717, 1.165) is 12.5 Å². The largest absolute Gasteiger partial charge is 0.366 e. The number of pyridine rings is 1. The Hall–Kier alpha value is -3.09. The van der Waals surface area contributed by atoms with Crippen LogP contribution < -0.4 is 10.6 Å². The molecule has 0 bridgehead atoms. The molecule has 0 unspecified atom stereocenters. The Morgan fingerprint density at radius 2 is 1.78 bits per heavy atom. The van der Waals surface area contributed by atoms with Crippen molar-refractivity contribution in [3.8, 4) is 11.4 Å². The minimum Gasteiger partial charge on any atom is -0.366 e. The van der Waals surface area contributed by atoms with Gasteiger partial charge in [0.2, 0.25) is 5.95 Å². The quantitative estimate of drug-likeness (QED) is 0.635. The highest BCUT2D eigenvalue weighted by atomic mass is 19.1.